The van der Waals surface area contributed by atoms with Crippen molar-refractivity contribution in [1.29, 1.82) is 0 Å². The first-order valence-corrected chi connectivity index (χ1v) is 2.72. The molecule has 1 rings (SSSR count). The van der Waals surface area contributed by atoms with Gasteiger partial charge in [0.1, 0.15) is 5.25 Å². The van der Waals surface area contributed by atoms with E-state index in [1.54, 1.807) is 0 Å². The Labute approximate surface area is 47.7 Å². The molecule has 1 aliphatic rings. The highest BCUT2D eigenvalue weighted by Crippen LogP contribution is 2.10. The van der Waals surface area contributed by atoms with Gasteiger partial charge in [-0.3, -0.25) is 4.79 Å². The van der Waals surface area contributed by atoms with E-state index in [-0.39, 0.29) is 17.2 Å². The number of nitrogens with one attached hydrogen (secondary N) is 1. The fourth-order valence-corrected chi connectivity index (χ4v) is 0.669. The average molecular weight is 117 g/mol. The summed E-state index contributed by atoms with van der Waals surface area (Å²) >= 11 is 3.96. The van der Waals surface area contributed by atoms with Gasteiger partial charge in [0, 0.05) is 6.04 Å². The van der Waals surface area contributed by atoms with Crippen LogP contribution in [0.4, 0.5) is 0 Å². The molecule has 1 amide bonds. The Morgan fingerprint density at radius 3 is 2.43 bits per heavy atom. The van der Waals surface area contributed by atoms with Crippen molar-refractivity contribution in [2.75, 3.05) is 0 Å². The molecule has 1 saturated heterocycles. The topological polar surface area (TPSA) is 29.1 Å². The average Bonchev–Trinajstić information content (AvgIpc) is 1.68. The van der Waals surface area contributed by atoms with Gasteiger partial charge in [-0.25, -0.2) is 0 Å². The number of thiol groups is 1. The van der Waals surface area contributed by atoms with Crippen molar-refractivity contribution in [2.24, 2.45) is 0 Å². The second-order valence-corrected chi connectivity index (χ2v) is 2.30. The van der Waals surface area contributed by atoms with E-state index < -0.39 is 0 Å². The number of hydrogen-bond acceptors (Lipinski definition) is 2. The quantitative estimate of drug-likeness (QED) is 0.334. The normalized spacial score (nSPS) is 39.4. The molecule has 40 valence electrons. The number of rotatable bonds is 0. The first kappa shape index (κ1) is 4.97. The predicted octanol–water partition coefficient (Wildman–Crippen LogP) is -0.197. The maximum absolute atomic E-state index is 10.3. The second kappa shape index (κ2) is 1.40. The van der Waals surface area contributed by atoms with Gasteiger partial charge < -0.3 is 5.32 Å². The minimum Gasteiger partial charge on any atom is -0.351 e. The molecule has 0 spiro atoms. The maximum atomic E-state index is 10.3. The number of amides is 1. The summed E-state index contributed by atoms with van der Waals surface area (Å²) in [5.41, 5.74) is 0. The molecular formula is C4H7NOS. The van der Waals surface area contributed by atoms with E-state index in [0.717, 1.165) is 0 Å². The third-order valence-corrected chi connectivity index (χ3v) is 1.79. The van der Waals surface area contributed by atoms with E-state index in [1.807, 2.05) is 6.92 Å². The second-order valence-electron chi connectivity index (χ2n) is 1.74. The molecule has 0 radical (unpaired) electrons. The molecule has 0 saturated carbocycles. The molecule has 0 aromatic rings. The van der Waals surface area contributed by atoms with E-state index in [9.17, 15) is 4.79 Å². The summed E-state index contributed by atoms with van der Waals surface area (Å²) < 4.78 is 0. The lowest BCUT2D eigenvalue weighted by atomic mass is 10.1. The zero-order valence-corrected chi connectivity index (χ0v) is 4.90. The fourth-order valence-electron chi connectivity index (χ4n) is 0.520. The Morgan fingerprint density at radius 2 is 2.43 bits per heavy atom. The fraction of sp³-hybridized carbons (Fsp3) is 0.750. The van der Waals surface area contributed by atoms with E-state index >= 15 is 0 Å². The highest BCUT2D eigenvalue weighted by atomic mass is 32.1. The van der Waals surface area contributed by atoms with Crippen LogP contribution in [0.1, 0.15) is 6.92 Å². The van der Waals surface area contributed by atoms with Gasteiger partial charge in [-0.1, -0.05) is 0 Å². The summed E-state index contributed by atoms with van der Waals surface area (Å²) in [6.45, 7) is 1.93. The summed E-state index contributed by atoms with van der Waals surface area (Å²) in [5.74, 6) is 0.0517. The Hall–Kier alpha value is -0.180. The zero-order valence-electron chi connectivity index (χ0n) is 4.01. The van der Waals surface area contributed by atoms with Crippen LogP contribution in [-0.2, 0) is 4.79 Å². The van der Waals surface area contributed by atoms with Crippen LogP contribution in [0.15, 0.2) is 0 Å². The van der Waals surface area contributed by atoms with Crippen molar-refractivity contribution >= 4 is 18.5 Å². The molecule has 1 aliphatic heterocycles. The van der Waals surface area contributed by atoms with Crippen LogP contribution in [0, 0.1) is 0 Å². The minimum absolute atomic E-state index is 0.0517. The Morgan fingerprint density at radius 1 is 1.86 bits per heavy atom. The molecular weight excluding hydrogens is 110 g/mol. The van der Waals surface area contributed by atoms with Crippen molar-refractivity contribution in [1.82, 2.24) is 5.32 Å². The minimum atomic E-state index is -0.0556. The largest absolute Gasteiger partial charge is 0.351 e. The van der Waals surface area contributed by atoms with Gasteiger partial charge in [0.05, 0.1) is 0 Å². The summed E-state index contributed by atoms with van der Waals surface area (Å²) in [6, 6.07) is 0.274. The molecule has 0 aromatic carbocycles. The first-order valence-electron chi connectivity index (χ1n) is 2.20. The molecule has 1 fully saturated rings. The Bertz CT molecular complexity index is 104. The standard InChI is InChI=1S/C4H7NOS/c1-2-3(7)4(6)5-2/h2-3,7H,1H3,(H,5,6). The van der Waals surface area contributed by atoms with Crippen LogP contribution < -0.4 is 5.32 Å². The van der Waals surface area contributed by atoms with Crippen molar-refractivity contribution in [3.63, 3.8) is 0 Å². The number of carbonyl (C=O) groups is 1. The smallest absolute Gasteiger partial charge is 0.235 e. The molecule has 1 N–H and O–H groups in total. The summed E-state index contributed by atoms with van der Waals surface area (Å²) in [4.78, 5) is 10.3. The van der Waals surface area contributed by atoms with Crippen LogP contribution in [0.2, 0.25) is 0 Å². The SMILES string of the molecule is CC1NC(=O)C1S. The number of carbonyl (C=O) groups excluding carboxylic acids is 1. The molecule has 3 heteroatoms. The van der Waals surface area contributed by atoms with E-state index in [2.05, 4.69) is 17.9 Å². The predicted molar refractivity (Wildman–Crippen MR) is 30.4 cm³/mol. The van der Waals surface area contributed by atoms with Crippen molar-refractivity contribution in [3.8, 4) is 0 Å². The molecule has 0 aliphatic carbocycles. The summed E-state index contributed by atoms with van der Waals surface area (Å²) in [6.07, 6.45) is 0. The van der Waals surface area contributed by atoms with Crippen molar-refractivity contribution in [2.45, 2.75) is 18.2 Å². The van der Waals surface area contributed by atoms with Crippen LogP contribution >= 0.6 is 12.6 Å². The van der Waals surface area contributed by atoms with Gasteiger partial charge in [0.15, 0.2) is 0 Å². The monoisotopic (exact) mass is 117 g/mol. The summed E-state index contributed by atoms with van der Waals surface area (Å²) in [7, 11) is 0. The number of hydrogen-bond donors (Lipinski definition) is 2. The lowest BCUT2D eigenvalue weighted by Crippen LogP contribution is -2.57. The van der Waals surface area contributed by atoms with Crippen molar-refractivity contribution < 1.29 is 4.79 Å². The molecule has 1 heterocycles. The van der Waals surface area contributed by atoms with Gasteiger partial charge in [-0.05, 0) is 6.92 Å². The third-order valence-electron chi connectivity index (χ3n) is 1.11. The molecule has 7 heavy (non-hydrogen) atoms. The molecule has 2 unspecified atom stereocenters. The lowest BCUT2D eigenvalue weighted by molar-refractivity contribution is -0.126. The van der Waals surface area contributed by atoms with Crippen LogP contribution in [-0.4, -0.2) is 17.2 Å². The highest BCUT2D eigenvalue weighted by Gasteiger charge is 2.31. The maximum Gasteiger partial charge on any atom is 0.235 e. The van der Waals surface area contributed by atoms with Crippen molar-refractivity contribution in [3.05, 3.63) is 0 Å². The van der Waals surface area contributed by atoms with Gasteiger partial charge in [0.2, 0.25) is 5.91 Å². The van der Waals surface area contributed by atoms with Gasteiger partial charge in [-0.2, -0.15) is 12.6 Å². The van der Waals surface area contributed by atoms with Crippen LogP contribution in [0.3, 0.4) is 0 Å². The lowest BCUT2D eigenvalue weighted by Gasteiger charge is -2.29. The third kappa shape index (κ3) is 0.608. The number of β-lactam (4-membered cyclic amide) rings is 1. The van der Waals surface area contributed by atoms with Gasteiger partial charge >= 0.3 is 0 Å². The highest BCUT2D eigenvalue weighted by molar-refractivity contribution is 7.82. The van der Waals surface area contributed by atoms with Crippen LogP contribution in [0.25, 0.3) is 0 Å². The molecule has 0 aromatic heterocycles. The zero-order chi connectivity index (χ0) is 5.44. The Balaban J connectivity index is 2.43. The van der Waals surface area contributed by atoms with E-state index in [0.29, 0.717) is 0 Å². The van der Waals surface area contributed by atoms with E-state index in [1.165, 1.54) is 0 Å². The first-order chi connectivity index (χ1) is 3.22. The van der Waals surface area contributed by atoms with Gasteiger partial charge in [0.25, 0.3) is 0 Å². The Kier molecular flexibility index (Phi) is 0.995. The summed E-state index contributed by atoms with van der Waals surface area (Å²) in [5, 5.41) is 2.58. The van der Waals surface area contributed by atoms with E-state index in [4.69, 9.17) is 0 Å². The molecule has 2 atom stereocenters. The van der Waals surface area contributed by atoms with Gasteiger partial charge in [-0.15, -0.1) is 0 Å². The van der Waals surface area contributed by atoms with Crippen LogP contribution in [0.5, 0.6) is 0 Å². The molecule has 2 nitrogen and oxygen atoms in total. The molecule has 0 bridgehead atoms.